The van der Waals surface area contributed by atoms with Crippen LogP contribution in [0.5, 0.6) is 0 Å². The highest BCUT2D eigenvalue weighted by Crippen LogP contribution is 2.12. The molecular weight excluding hydrogens is 216 g/mol. The second kappa shape index (κ2) is 4.71. The lowest BCUT2D eigenvalue weighted by Crippen LogP contribution is -2.10. The van der Waals surface area contributed by atoms with Gasteiger partial charge in [0.15, 0.2) is 0 Å². The summed E-state index contributed by atoms with van der Waals surface area (Å²) in [4.78, 5) is 4.18. The molecule has 2 aromatic heterocycles. The van der Waals surface area contributed by atoms with E-state index in [4.69, 9.17) is 0 Å². The highest BCUT2D eigenvalue weighted by Gasteiger charge is 2.10. The fourth-order valence-electron chi connectivity index (χ4n) is 2.02. The first-order chi connectivity index (χ1) is 8.13. The summed E-state index contributed by atoms with van der Waals surface area (Å²) >= 11 is 0. The summed E-state index contributed by atoms with van der Waals surface area (Å²) in [6.45, 7) is 7.61. The van der Waals surface area contributed by atoms with Crippen molar-refractivity contribution in [1.82, 2.24) is 19.3 Å². The van der Waals surface area contributed by atoms with Crippen molar-refractivity contribution >= 4 is 0 Å². The van der Waals surface area contributed by atoms with Gasteiger partial charge in [-0.3, -0.25) is 4.68 Å². The van der Waals surface area contributed by atoms with Crippen molar-refractivity contribution in [3.63, 3.8) is 0 Å². The van der Waals surface area contributed by atoms with E-state index >= 15 is 0 Å². The van der Waals surface area contributed by atoms with Crippen LogP contribution in [0, 0.1) is 20.8 Å². The number of hydrogen-bond donors (Lipinski definition) is 1. The van der Waals surface area contributed by atoms with Crippen molar-refractivity contribution in [2.24, 2.45) is 0 Å². The van der Waals surface area contributed by atoms with Crippen molar-refractivity contribution in [2.75, 3.05) is 0 Å². The topological polar surface area (TPSA) is 55.9 Å². The smallest absolute Gasteiger partial charge is 0.105 e. The molecule has 0 atom stereocenters. The Labute approximate surface area is 101 Å². The SMILES string of the molecule is Cc1nn(CCn2ccnc2C)c(C)c1CO. The first kappa shape index (κ1) is 11.9. The lowest BCUT2D eigenvalue weighted by atomic mass is 10.2. The second-order valence-corrected chi connectivity index (χ2v) is 4.20. The minimum Gasteiger partial charge on any atom is -0.392 e. The molecule has 0 unspecified atom stereocenters. The summed E-state index contributed by atoms with van der Waals surface area (Å²) in [5, 5.41) is 13.7. The van der Waals surface area contributed by atoms with Crippen molar-refractivity contribution < 1.29 is 5.11 Å². The maximum atomic E-state index is 9.24. The van der Waals surface area contributed by atoms with Crippen molar-refractivity contribution in [3.05, 3.63) is 35.2 Å². The maximum absolute atomic E-state index is 9.24. The molecule has 0 aliphatic carbocycles. The molecule has 17 heavy (non-hydrogen) atoms. The highest BCUT2D eigenvalue weighted by atomic mass is 16.3. The molecule has 5 heteroatoms. The molecule has 0 fully saturated rings. The Morgan fingerprint density at radius 1 is 1.24 bits per heavy atom. The molecule has 2 aromatic rings. The largest absolute Gasteiger partial charge is 0.392 e. The molecule has 0 aliphatic rings. The predicted octanol–water partition coefficient (Wildman–Crippen LogP) is 1.20. The minimum absolute atomic E-state index is 0.0573. The molecule has 0 saturated heterocycles. The molecule has 2 rings (SSSR count). The van der Waals surface area contributed by atoms with Crippen molar-refractivity contribution in [2.45, 2.75) is 40.5 Å². The average molecular weight is 234 g/mol. The van der Waals surface area contributed by atoms with E-state index in [0.717, 1.165) is 35.9 Å². The molecule has 0 radical (unpaired) electrons. The van der Waals surface area contributed by atoms with Crippen LogP contribution in [0.25, 0.3) is 0 Å². The van der Waals surface area contributed by atoms with E-state index in [1.54, 1.807) is 6.20 Å². The molecule has 0 aliphatic heterocycles. The molecule has 0 aromatic carbocycles. The number of hydrogen-bond acceptors (Lipinski definition) is 3. The number of aromatic nitrogens is 4. The molecular formula is C12H18N4O. The van der Waals surface area contributed by atoms with Crippen LogP contribution in [0.3, 0.4) is 0 Å². The summed E-state index contributed by atoms with van der Waals surface area (Å²) in [5.41, 5.74) is 2.89. The van der Waals surface area contributed by atoms with E-state index in [-0.39, 0.29) is 6.61 Å². The second-order valence-electron chi connectivity index (χ2n) is 4.20. The first-order valence-electron chi connectivity index (χ1n) is 5.75. The molecule has 0 spiro atoms. The molecule has 92 valence electrons. The Kier molecular flexibility index (Phi) is 3.28. The van der Waals surface area contributed by atoms with Gasteiger partial charge in [0, 0.05) is 30.2 Å². The molecule has 0 amide bonds. The zero-order valence-corrected chi connectivity index (χ0v) is 10.5. The van der Waals surface area contributed by atoms with Gasteiger partial charge in [0.1, 0.15) is 5.82 Å². The van der Waals surface area contributed by atoms with E-state index in [9.17, 15) is 5.11 Å². The first-order valence-corrected chi connectivity index (χ1v) is 5.75. The summed E-state index contributed by atoms with van der Waals surface area (Å²) in [6.07, 6.45) is 3.77. The number of imidazole rings is 1. The van der Waals surface area contributed by atoms with Crippen molar-refractivity contribution in [3.8, 4) is 0 Å². The van der Waals surface area contributed by atoms with Crippen LogP contribution < -0.4 is 0 Å². The van der Waals surface area contributed by atoms with Gasteiger partial charge in [-0.1, -0.05) is 0 Å². The summed E-state index contributed by atoms with van der Waals surface area (Å²) in [5.74, 6) is 1.01. The third-order valence-electron chi connectivity index (χ3n) is 3.17. The lowest BCUT2D eigenvalue weighted by Gasteiger charge is -2.07. The zero-order valence-electron chi connectivity index (χ0n) is 10.5. The number of aliphatic hydroxyl groups is 1. The summed E-state index contributed by atoms with van der Waals surface area (Å²) in [7, 11) is 0. The zero-order chi connectivity index (χ0) is 12.4. The monoisotopic (exact) mass is 234 g/mol. The van der Waals surface area contributed by atoms with Crippen LogP contribution in [0.2, 0.25) is 0 Å². The average Bonchev–Trinajstić information content (AvgIpc) is 2.81. The molecule has 2 heterocycles. The van der Waals surface area contributed by atoms with Crippen molar-refractivity contribution in [1.29, 1.82) is 0 Å². The summed E-state index contributed by atoms with van der Waals surface area (Å²) < 4.78 is 4.04. The van der Waals surface area contributed by atoms with Gasteiger partial charge in [0.2, 0.25) is 0 Å². The van der Waals surface area contributed by atoms with Crippen LogP contribution >= 0.6 is 0 Å². The Balaban J connectivity index is 2.12. The van der Waals surface area contributed by atoms with Gasteiger partial charge in [-0.15, -0.1) is 0 Å². The Morgan fingerprint density at radius 3 is 2.53 bits per heavy atom. The Morgan fingerprint density at radius 2 is 2.00 bits per heavy atom. The summed E-state index contributed by atoms with van der Waals surface area (Å²) in [6, 6.07) is 0. The van der Waals surface area contributed by atoms with Crippen LogP contribution in [0.4, 0.5) is 0 Å². The number of rotatable bonds is 4. The van der Waals surface area contributed by atoms with Crippen LogP contribution in [0.1, 0.15) is 22.8 Å². The number of aliphatic hydroxyl groups excluding tert-OH is 1. The van der Waals surface area contributed by atoms with Gasteiger partial charge in [-0.05, 0) is 20.8 Å². The molecule has 0 bridgehead atoms. The minimum atomic E-state index is 0.0573. The normalized spacial score (nSPS) is 11.1. The quantitative estimate of drug-likeness (QED) is 0.864. The van der Waals surface area contributed by atoms with E-state index in [2.05, 4.69) is 14.6 Å². The number of nitrogens with zero attached hydrogens (tertiary/aromatic N) is 4. The number of aryl methyl sites for hydroxylation is 4. The molecule has 5 nitrogen and oxygen atoms in total. The lowest BCUT2D eigenvalue weighted by molar-refractivity contribution is 0.280. The van der Waals surface area contributed by atoms with Crippen LogP contribution in [0.15, 0.2) is 12.4 Å². The maximum Gasteiger partial charge on any atom is 0.105 e. The van der Waals surface area contributed by atoms with E-state index in [1.165, 1.54) is 0 Å². The van der Waals surface area contributed by atoms with Crippen LogP contribution in [-0.4, -0.2) is 24.4 Å². The third-order valence-corrected chi connectivity index (χ3v) is 3.17. The van der Waals surface area contributed by atoms with Gasteiger partial charge < -0.3 is 9.67 Å². The third kappa shape index (κ3) is 2.24. The highest BCUT2D eigenvalue weighted by molar-refractivity contribution is 5.23. The molecule has 1 N–H and O–H groups in total. The van der Waals surface area contributed by atoms with E-state index in [0.29, 0.717) is 0 Å². The fraction of sp³-hybridized carbons (Fsp3) is 0.500. The van der Waals surface area contributed by atoms with Gasteiger partial charge in [0.25, 0.3) is 0 Å². The van der Waals surface area contributed by atoms with Gasteiger partial charge in [-0.25, -0.2) is 4.98 Å². The van der Waals surface area contributed by atoms with Crippen LogP contribution in [-0.2, 0) is 19.7 Å². The van der Waals surface area contributed by atoms with E-state index in [1.807, 2.05) is 31.6 Å². The predicted molar refractivity (Wildman–Crippen MR) is 64.6 cm³/mol. The Hall–Kier alpha value is -1.62. The fourth-order valence-corrected chi connectivity index (χ4v) is 2.02. The van der Waals surface area contributed by atoms with Gasteiger partial charge in [-0.2, -0.15) is 5.10 Å². The molecule has 0 saturated carbocycles. The standard InChI is InChI=1S/C12H18N4O/c1-9-12(8-17)10(2)16(14-9)7-6-15-5-4-13-11(15)3/h4-5,17H,6-8H2,1-3H3. The van der Waals surface area contributed by atoms with E-state index < -0.39 is 0 Å². The van der Waals surface area contributed by atoms with Gasteiger partial charge in [0.05, 0.1) is 18.8 Å². The Bertz CT molecular complexity index is 513. The van der Waals surface area contributed by atoms with Gasteiger partial charge >= 0.3 is 0 Å².